The minimum atomic E-state index is 0.0867. The van der Waals surface area contributed by atoms with Crippen LogP contribution in [0.3, 0.4) is 0 Å². The molecule has 0 aromatic rings. The summed E-state index contributed by atoms with van der Waals surface area (Å²) in [6.07, 6.45) is 4.57. The lowest BCUT2D eigenvalue weighted by molar-refractivity contribution is 0.167. The van der Waals surface area contributed by atoms with Crippen molar-refractivity contribution in [3.63, 3.8) is 0 Å². The summed E-state index contributed by atoms with van der Waals surface area (Å²) < 4.78 is 0. The van der Waals surface area contributed by atoms with Gasteiger partial charge in [0.2, 0.25) is 0 Å². The Balaban J connectivity index is 1.81. The van der Waals surface area contributed by atoms with Gasteiger partial charge >= 0.3 is 0 Å². The molecule has 21 heavy (non-hydrogen) atoms. The zero-order valence-electron chi connectivity index (χ0n) is 13.9. The molecule has 2 fully saturated rings. The predicted octanol–water partition coefficient (Wildman–Crippen LogP) is 1.19. The van der Waals surface area contributed by atoms with Gasteiger partial charge in [-0.05, 0) is 46.5 Å². The van der Waals surface area contributed by atoms with Crippen LogP contribution in [0.1, 0.15) is 46.5 Å². The first-order valence-electron chi connectivity index (χ1n) is 8.48. The van der Waals surface area contributed by atoms with Gasteiger partial charge in [0.25, 0.3) is 0 Å². The molecule has 1 heterocycles. The Morgan fingerprint density at radius 3 is 2.48 bits per heavy atom. The molecule has 0 bridgehead atoms. The molecule has 0 radical (unpaired) electrons. The number of guanidine groups is 1. The highest BCUT2D eigenvalue weighted by molar-refractivity contribution is 5.80. The van der Waals surface area contributed by atoms with Crippen LogP contribution >= 0.6 is 0 Å². The summed E-state index contributed by atoms with van der Waals surface area (Å²) in [5.41, 5.74) is 0.0867. The zero-order chi connectivity index (χ0) is 15.3. The smallest absolute Gasteiger partial charge is 0.191 e. The molecule has 0 spiro atoms. The van der Waals surface area contributed by atoms with E-state index in [9.17, 15) is 5.11 Å². The van der Waals surface area contributed by atoms with E-state index in [0.29, 0.717) is 12.1 Å². The lowest BCUT2D eigenvalue weighted by atomic mass is 10.0. The van der Waals surface area contributed by atoms with Gasteiger partial charge in [0.15, 0.2) is 5.96 Å². The first-order chi connectivity index (χ1) is 10.1. The fraction of sp³-hybridized carbons (Fsp3) is 0.938. The van der Waals surface area contributed by atoms with Crippen LogP contribution in [-0.4, -0.2) is 60.8 Å². The number of aliphatic imine (C=N–C) groups is 1. The Labute approximate surface area is 129 Å². The second-order valence-electron chi connectivity index (χ2n) is 6.90. The van der Waals surface area contributed by atoms with Crippen molar-refractivity contribution in [3.8, 4) is 0 Å². The summed E-state index contributed by atoms with van der Waals surface area (Å²) in [7, 11) is 0. The average molecular weight is 296 g/mol. The monoisotopic (exact) mass is 296 g/mol. The number of hydrogen-bond donors (Lipinski definition) is 3. The Morgan fingerprint density at radius 1 is 1.33 bits per heavy atom. The van der Waals surface area contributed by atoms with Gasteiger partial charge in [-0.15, -0.1) is 0 Å². The minimum Gasteiger partial charge on any atom is -0.396 e. The number of nitrogens with zero attached hydrogens (tertiary/aromatic N) is 2. The Morgan fingerprint density at radius 2 is 2.00 bits per heavy atom. The summed E-state index contributed by atoms with van der Waals surface area (Å²) >= 11 is 0. The number of hydrogen-bond acceptors (Lipinski definition) is 3. The molecule has 2 rings (SSSR count). The van der Waals surface area contributed by atoms with Crippen molar-refractivity contribution >= 4 is 5.96 Å². The molecule has 2 aliphatic rings. The third-order valence-electron chi connectivity index (χ3n) is 4.81. The molecule has 3 N–H and O–H groups in total. The number of aliphatic hydroxyl groups excluding tert-OH is 1. The maximum absolute atomic E-state index is 9.39. The molecule has 0 unspecified atom stereocenters. The van der Waals surface area contributed by atoms with E-state index in [4.69, 9.17) is 0 Å². The highest BCUT2D eigenvalue weighted by Crippen LogP contribution is 2.45. The van der Waals surface area contributed by atoms with Gasteiger partial charge in [0, 0.05) is 37.1 Å². The molecule has 5 heteroatoms. The van der Waals surface area contributed by atoms with E-state index in [0.717, 1.165) is 45.0 Å². The van der Waals surface area contributed by atoms with Gasteiger partial charge in [-0.2, -0.15) is 0 Å². The van der Waals surface area contributed by atoms with Crippen LogP contribution in [0.15, 0.2) is 4.99 Å². The predicted molar refractivity (Wildman–Crippen MR) is 87.6 cm³/mol. The van der Waals surface area contributed by atoms with Crippen molar-refractivity contribution in [2.24, 2.45) is 10.4 Å². The molecule has 0 aromatic carbocycles. The zero-order valence-corrected chi connectivity index (χ0v) is 13.9. The summed E-state index contributed by atoms with van der Waals surface area (Å²) in [6.45, 7) is 10.8. The van der Waals surface area contributed by atoms with Gasteiger partial charge < -0.3 is 20.6 Å². The van der Waals surface area contributed by atoms with E-state index in [-0.39, 0.29) is 12.0 Å². The lowest BCUT2D eigenvalue weighted by Crippen LogP contribution is -2.50. The summed E-state index contributed by atoms with van der Waals surface area (Å²) in [6, 6.07) is 1.16. The summed E-state index contributed by atoms with van der Waals surface area (Å²) in [5.74, 6) is 0.917. The molecule has 1 aliphatic heterocycles. The SMILES string of the molecule is CCNC(=NCC1(CO)CC1)NC1CCN(C(C)C)CC1. The number of likely N-dealkylation sites (tertiary alicyclic amines) is 1. The molecule has 1 aliphatic carbocycles. The molecule has 122 valence electrons. The topological polar surface area (TPSA) is 59.9 Å². The van der Waals surface area contributed by atoms with Crippen molar-refractivity contribution < 1.29 is 5.11 Å². The molecule has 0 aromatic heterocycles. The van der Waals surface area contributed by atoms with E-state index in [1.807, 2.05) is 0 Å². The highest BCUT2D eigenvalue weighted by Gasteiger charge is 2.41. The van der Waals surface area contributed by atoms with Crippen LogP contribution in [0.5, 0.6) is 0 Å². The van der Waals surface area contributed by atoms with Crippen LogP contribution in [0.2, 0.25) is 0 Å². The second kappa shape index (κ2) is 7.45. The summed E-state index contributed by atoms with van der Waals surface area (Å²) in [4.78, 5) is 7.22. The molecule has 0 atom stereocenters. The molecule has 0 amide bonds. The van der Waals surface area contributed by atoms with E-state index in [1.54, 1.807) is 0 Å². The third kappa shape index (κ3) is 4.85. The van der Waals surface area contributed by atoms with Crippen LogP contribution in [0, 0.1) is 5.41 Å². The maximum atomic E-state index is 9.39. The standard InChI is InChI=1S/C16H32N4O/c1-4-17-15(18-11-16(12-21)7-8-16)19-14-5-9-20(10-6-14)13(2)3/h13-14,21H,4-12H2,1-3H3,(H2,17,18,19). The van der Waals surface area contributed by atoms with Crippen LogP contribution in [-0.2, 0) is 0 Å². The number of nitrogens with one attached hydrogen (secondary N) is 2. The number of piperidine rings is 1. The first-order valence-corrected chi connectivity index (χ1v) is 8.48. The van der Waals surface area contributed by atoms with Gasteiger partial charge in [0.05, 0.1) is 13.2 Å². The van der Waals surface area contributed by atoms with Crippen LogP contribution < -0.4 is 10.6 Å². The molecule has 1 saturated carbocycles. The van der Waals surface area contributed by atoms with E-state index >= 15 is 0 Å². The second-order valence-corrected chi connectivity index (χ2v) is 6.90. The van der Waals surface area contributed by atoms with E-state index in [1.165, 1.54) is 12.8 Å². The number of aliphatic hydroxyl groups is 1. The van der Waals surface area contributed by atoms with Crippen molar-refractivity contribution in [2.75, 3.05) is 32.8 Å². The van der Waals surface area contributed by atoms with Crippen LogP contribution in [0.25, 0.3) is 0 Å². The van der Waals surface area contributed by atoms with E-state index < -0.39 is 0 Å². The fourth-order valence-corrected chi connectivity index (χ4v) is 2.86. The minimum absolute atomic E-state index is 0.0867. The average Bonchev–Trinajstić information content (AvgIpc) is 3.26. The van der Waals surface area contributed by atoms with Gasteiger partial charge in [-0.3, -0.25) is 4.99 Å². The highest BCUT2D eigenvalue weighted by atomic mass is 16.3. The Hall–Kier alpha value is -0.810. The van der Waals surface area contributed by atoms with E-state index in [2.05, 4.69) is 41.3 Å². The van der Waals surface area contributed by atoms with Gasteiger partial charge in [-0.25, -0.2) is 0 Å². The fourth-order valence-electron chi connectivity index (χ4n) is 2.86. The first kappa shape index (κ1) is 16.6. The van der Waals surface area contributed by atoms with Crippen LogP contribution in [0.4, 0.5) is 0 Å². The Bertz CT molecular complexity index is 344. The molecular formula is C16H32N4O. The molecule has 5 nitrogen and oxygen atoms in total. The normalized spacial score (nSPS) is 23.4. The molecule has 1 saturated heterocycles. The summed E-state index contributed by atoms with van der Waals surface area (Å²) in [5, 5.41) is 16.3. The number of rotatable bonds is 6. The maximum Gasteiger partial charge on any atom is 0.191 e. The van der Waals surface area contributed by atoms with Crippen molar-refractivity contribution in [1.29, 1.82) is 0 Å². The quantitative estimate of drug-likeness (QED) is 0.509. The largest absolute Gasteiger partial charge is 0.396 e. The van der Waals surface area contributed by atoms with Gasteiger partial charge in [-0.1, -0.05) is 0 Å². The van der Waals surface area contributed by atoms with Crippen molar-refractivity contribution in [1.82, 2.24) is 15.5 Å². The Kier molecular flexibility index (Phi) is 5.88. The van der Waals surface area contributed by atoms with Crippen molar-refractivity contribution in [3.05, 3.63) is 0 Å². The van der Waals surface area contributed by atoms with Gasteiger partial charge in [0.1, 0.15) is 0 Å². The third-order valence-corrected chi connectivity index (χ3v) is 4.81. The van der Waals surface area contributed by atoms with Crippen molar-refractivity contribution in [2.45, 2.75) is 58.5 Å². The lowest BCUT2D eigenvalue weighted by Gasteiger charge is -2.35. The molecular weight excluding hydrogens is 264 g/mol.